The number of nitrogens with zero attached hydrogens (tertiary/aromatic N) is 1. The molecule has 0 spiro atoms. The largest absolute Gasteiger partial charge is 0.352 e. The van der Waals surface area contributed by atoms with Crippen LogP contribution in [0.4, 0.5) is 4.79 Å². The summed E-state index contributed by atoms with van der Waals surface area (Å²) in [5.41, 5.74) is 2.51. The molecule has 3 amide bonds. The molecule has 0 unspecified atom stereocenters. The van der Waals surface area contributed by atoms with Crippen LogP contribution < -0.4 is 10.6 Å². The molecule has 132 valence electrons. The third-order valence-corrected chi connectivity index (χ3v) is 4.38. The number of carbonyl (C=O) groups is 2. The first-order valence-electron chi connectivity index (χ1n) is 8.65. The van der Waals surface area contributed by atoms with Crippen LogP contribution in [-0.2, 0) is 16.8 Å². The lowest BCUT2D eigenvalue weighted by atomic mass is 9.87. The lowest BCUT2D eigenvalue weighted by Crippen LogP contribution is -2.51. The molecule has 5 nitrogen and oxygen atoms in total. The summed E-state index contributed by atoms with van der Waals surface area (Å²) < 4.78 is 0. The van der Waals surface area contributed by atoms with Gasteiger partial charge in [0, 0.05) is 32.6 Å². The maximum absolute atomic E-state index is 12.3. The first kappa shape index (κ1) is 18.3. The van der Waals surface area contributed by atoms with Gasteiger partial charge in [-0.15, -0.1) is 0 Å². The second kappa shape index (κ2) is 7.69. The van der Waals surface area contributed by atoms with Gasteiger partial charge in [0.15, 0.2) is 0 Å². The molecule has 1 heterocycles. The fourth-order valence-corrected chi connectivity index (χ4v) is 2.98. The fourth-order valence-electron chi connectivity index (χ4n) is 2.98. The lowest BCUT2D eigenvalue weighted by Gasteiger charge is -2.33. The molecule has 5 heteroatoms. The van der Waals surface area contributed by atoms with E-state index in [-0.39, 0.29) is 23.4 Å². The van der Waals surface area contributed by atoms with Crippen molar-refractivity contribution in [2.24, 2.45) is 0 Å². The average Bonchev–Trinajstić information content (AvgIpc) is 2.52. The maximum Gasteiger partial charge on any atom is 0.317 e. The molecule has 1 aromatic rings. The van der Waals surface area contributed by atoms with E-state index in [0.29, 0.717) is 13.1 Å². The van der Waals surface area contributed by atoms with E-state index in [1.807, 2.05) is 0 Å². The molecule has 0 aromatic heterocycles. The highest BCUT2D eigenvalue weighted by atomic mass is 16.2. The number of hydrogen-bond acceptors (Lipinski definition) is 2. The van der Waals surface area contributed by atoms with E-state index >= 15 is 0 Å². The molecule has 1 aliphatic heterocycles. The maximum atomic E-state index is 12.3. The van der Waals surface area contributed by atoms with Crippen molar-refractivity contribution in [2.75, 3.05) is 13.1 Å². The van der Waals surface area contributed by atoms with E-state index in [1.54, 1.807) is 4.90 Å². The Morgan fingerprint density at radius 1 is 1.21 bits per heavy atom. The molecule has 1 saturated heterocycles. The monoisotopic (exact) mass is 331 g/mol. The van der Waals surface area contributed by atoms with Crippen molar-refractivity contribution in [3.05, 3.63) is 35.4 Å². The second-order valence-electron chi connectivity index (χ2n) is 7.59. The highest BCUT2D eigenvalue weighted by Gasteiger charge is 2.23. The molecule has 0 bridgehead atoms. The summed E-state index contributed by atoms with van der Waals surface area (Å²) in [5.74, 6) is -0.0406. The zero-order chi connectivity index (χ0) is 17.7. The second-order valence-corrected chi connectivity index (χ2v) is 7.59. The van der Waals surface area contributed by atoms with Gasteiger partial charge in [-0.2, -0.15) is 0 Å². The van der Waals surface area contributed by atoms with E-state index in [2.05, 4.69) is 55.7 Å². The number of benzene rings is 1. The van der Waals surface area contributed by atoms with Crippen molar-refractivity contribution in [2.45, 2.75) is 58.5 Å². The standard InChI is InChI=1S/C19H29N3O2/c1-14(23)21-17-6-5-11-22(13-17)18(24)20-12-15-7-9-16(10-8-15)19(2,3)4/h7-10,17H,5-6,11-13H2,1-4H3,(H,20,24)(H,21,23)/t17-/m1/s1. The van der Waals surface area contributed by atoms with E-state index < -0.39 is 0 Å². The minimum Gasteiger partial charge on any atom is -0.352 e. The molecular formula is C19H29N3O2. The highest BCUT2D eigenvalue weighted by Crippen LogP contribution is 2.22. The molecule has 1 aliphatic rings. The molecule has 1 aromatic carbocycles. The first-order chi connectivity index (χ1) is 11.3. The summed E-state index contributed by atoms with van der Waals surface area (Å²) in [7, 11) is 0. The summed E-state index contributed by atoms with van der Waals surface area (Å²) in [6, 6.07) is 8.37. The van der Waals surface area contributed by atoms with Gasteiger partial charge in [-0.25, -0.2) is 4.79 Å². The zero-order valence-electron chi connectivity index (χ0n) is 15.2. The minimum atomic E-state index is -0.0649. The predicted molar refractivity (Wildman–Crippen MR) is 95.8 cm³/mol. The van der Waals surface area contributed by atoms with Crippen LogP contribution in [0.1, 0.15) is 51.7 Å². The van der Waals surface area contributed by atoms with Crippen LogP contribution in [0.25, 0.3) is 0 Å². The Morgan fingerprint density at radius 2 is 1.88 bits per heavy atom. The summed E-state index contributed by atoms with van der Waals surface area (Å²) in [4.78, 5) is 25.3. The number of rotatable bonds is 3. The highest BCUT2D eigenvalue weighted by molar-refractivity contribution is 5.75. The molecule has 0 saturated carbocycles. The van der Waals surface area contributed by atoms with Gasteiger partial charge in [0.05, 0.1) is 0 Å². The van der Waals surface area contributed by atoms with E-state index in [9.17, 15) is 9.59 Å². The van der Waals surface area contributed by atoms with Crippen molar-refractivity contribution >= 4 is 11.9 Å². The Kier molecular flexibility index (Phi) is 5.86. The molecule has 24 heavy (non-hydrogen) atoms. The summed E-state index contributed by atoms with van der Waals surface area (Å²) in [5, 5.41) is 5.88. The van der Waals surface area contributed by atoms with Gasteiger partial charge in [0.2, 0.25) is 5.91 Å². The molecule has 2 rings (SSSR count). The number of nitrogens with one attached hydrogen (secondary N) is 2. The molecule has 0 radical (unpaired) electrons. The normalized spacial score (nSPS) is 18.2. The summed E-state index contributed by atoms with van der Waals surface area (Å²) in [6.45, 7) is 9.91. The van der Waals surface area contributed by atoms with E-state index in [0.717, 1.165) is 24.9 Å². The number of carbonyl (C=O) groups excluding carboxylic acids is 2. The van der Waals surface area contributed by atoms with Crippen molar-refractivity contribution in [3.63, 3.8) is 0 Å². The Balaban J connectivity index is 1.85. The van der Waals surface area contributed by atoms with Gasteiger partial charge in [0.1, 0.15) is 0 Å². The van der Waals surface area contributed by atoms with Gasteiger partial charge in [-0.05, 0) is 29.4 Å². The van der Waals surface area contributed by atoms with Crippen LogP contribution >= 0.6 is 0 Å². The van der Waals surface area contributed by atoms with Crippen LogP contribution in [0.5, 0.6) is 0 Å². The smallest absolute Gasteiger partial charge is 0.317 e. The fraction of sp³-hybridized carbons (Fsp3) is 0.579. The average molecular weight is 331 g/mol. The molecule has 1 fully saturated rings. The van der Waals surface area contributed by atoms with Gasteiger partial charge in [-0.1, -0.05) is 45.0 Å². The number of hydrogen-bond donors (Lipinski definition) is 2. The van der Waals surface area contributed by atoms with Crippen molar-refractivity contribution in [1.29, 1.82) is 0 Å². The van der Waals surface area contributed by atoms with Crippen molar-refractivity contribution < 1.29 is 9.59 Å². The number of piperidine rings is 1. The first-order valence-corrected chi connectivity index (χ1v) is 8.65. The SMILES string of the molecule is CC(=O)N[C@@H]1CCCN(C(=O)NCc2ccc(C(C)(C)C)cc2)C1. The van der Waals surface area contributed by atoms with Crippen molar-refractivity contribution in [1.82, 2.24) is 15.5 Å². The van der Waals surface area contributed by atoms with Crippen LogP contribution in [0.15, 0.2) is 24.3 Å². The van der Waals surface area contributed by atoms with Crippen LogP contribution in [-0.4, -0.2) is 36.0 Å². The van der Waals surface area contributed by atoms with E-state index in [1.165, 1.54) is 12.5 Å². The summed E-state index contributed by atoms with van der Waals surface area (Å²) in [6.07, 6.45) is 1.84. The van der Waals surface area contributed by atoms with E-state index in [4.69, 9.17) is 0 Å². The number of urea groups is 1. The number of likely N-dealkylation sites (tertiary alicyclic amines) is 1. The van der Waals surface area contributed by atoms with Gasteiger partial charge in [-0.3, -0.25) is 4.79 Å². The van der Waals surface area contributed by atoms with Gasteiger partial charge < -0.3 is 15.5 Å². The van der Waals surface area contributed by atoms with Crippen molar-refractivity contribution in [3.8, 4) is 0 Å². The molecule has 2 N–H and O–H groups in total. The third-order valence-electron chi connectivity index (χ3n) is 4.38. The molecule has 0 aliphatic carbocycles. The Labute approximate surface area is 144 Å². The minimum absolute atomic E-state index is 0.0406. The Hall–Kier alpha value is -2.04. The predicted octanol–water partition coefficient (Wildman–Crippen LogP) is 2.79. The Morgan fingerprint density at radius 3 is 2.46 bits per heavy atom. The topological polar surface area (TPSA) is 61.4 Å². The quantitative estimate of drug-likeness (QED) is 0.895. The van der Waals surface area contributed by atoms with Gasteiger partial charge in [0.25, 0.3) is 0 Å². The van der Waals surface area contributed by atoms with Gasteiger partial charge >= 0.3 is 6.03 Å². The molecular weight excluding hydrogens is 302 g/mol. The van der Waals surface area contributed by atoms with Crippen LogP contribution in [0.2, 0.25) is 0 Å². The zero-order valence-corrected chi connectivity index (χ0v) is 15.2. The lowest BCUT2D eigenvalue weighted by molar-refractivity contribution is -0.119. The van der Waals surface area contributed by atoms with Crippen LogP contribution in [0, 0.1) is 0 Å². The Bertz CT molecular complexity index is 575. The number of amides is 3. The third kappa shape index (κ3) is 5.25. The van der Waals surface area contributed by atoms with Crippen LogP contribution in [0.3, 0.4) is 0 Å². The summed E-state index contributed by atoms with van der Waals surface area (Å²) >= 11 is 0. The molecule has 1 atom stereocenters.